The number of aliphatic imine (C=N–C) groups is 1. The van der Waals surface area contributed by atoms with Crippen LogP contribution in [0.15, 0.2) is 41.5 Å². The zero-order valence-electron chi connectivity index (χ0n) is 13.2. The molecular formula is C17H16N6. The molecule has 23 heavy (non-hydrogen) atoms. The van der Waals surface area contributed by atoms with Gasteiger partial charge in [0.05, 0.1) is 18.1 Å². The normalized spacial score (nSPS) is 11.0. The maximum atomic E-state index is 9.26. The van der Waals surface area contributed by atoms with Gasteiger partial charge in [0.15, 0.2) is 11.6 Å². The number of hydrogen-bond acceptors (Lipinski definition) is 4. The van der Waals surface area contributed by atoms with Gasteiger partial charge in [0, 0.05) is 19.5 Å². The molecule has 0 amide bonds. The van der Waals surface area contributed by atoms with Crippen LogP contribution in [0.1, 0.15) is 11.1 Å². The van der Waals surface area contributed by atoms with Crippen molar-refractivity contribution in [3.8, 4) is 11.9 Å². The molecule has 0 aliphatic heterocycles. The highest BCUT2D eigenvalue weighted by Gasteiger charge is 2.13. The highest BCUT2D eigenvalue weighted by atomic mass is 15.3. The lowest BCUT2D eigenvalue weighted by molar-refractivity contribution is 0.642. The minimum absolute atomic E-state index is 0.413. The van der Waals surface area contributed by atoms with E-state index in [1.165, 1.54) is 6.20 Å². The predicted molar refractivity (Wildman–Crippen MR) is 90.2 cm³/mol. The fraction of sp³-hybridized carbons (Fsp3) is 0.176. The second kappa shape index (κ2) is 5.89. The van der Waals surface area contributed by atoms with Gasteiger partial charge in [0.25, 0.3) is 0 Å². The van der Waals surface area contributed by atoms with Crippen LogP contribution < -0.4 is 0 Å². The van der Waals surface area contributed by atoms with E-state index < -0.39 is 0 Å². The lowest BCUT2D eigenvalue weighted by Crippen LogP contribution is -2.08. The Morgan fingerprint density at radius 2 is 2.09 bits per heavy atom. The predicted octanol–water partition coefficient (Wildman–Crippen LogP) is 2.82. The van der Waals surface area contributed by atoms with Gasteiger partial charge in [-0.3, -0.25) is 0 Å². The van der Waals surface area contributed by atoms with Crippen molar-refractivity contribution >= 4 is 23.1 Å². The molecule has 0 saturated carbocycles. The number of hydrogen-bond donors (Lipinski definition) is 0. The van der Waals surface area contributed by atoms with Gasteiger partial charge in [-0.05, 0) is 24.6 Å². The summed E-state index contributed by atoms with van der Waals surface area (Å²) in [6, 6.07) is 12.0. The van der Waals surface area contributed by atoms with E-state index in [4.69, 9.17) is 0 Å². The number of nitriles is 1. The molecule has 0 saturated heterocycles. The van der Waals surface area contributed by atoms with Crippen molar-refractivity contribution in [3.05, 3.63) is 47.7 Å². The first-order chi connectivity index (χ1) is 11.1. The molecule has 114 valence electrons. The highest BCUT2D eigenvalue weighted by molar-refractivity contribution is 5.83. The molecule has 0 radical (unpaired) electrons. The van der Waals surface area contributed by atoms with Crippen molar-refractivity contribution in [2.24, 2.45) is 4.99 Å². The first kappa shape index (κ1) is 14.7. The maximum absolute atomic E-state index is 9.26. The van der Waals surface area contributed by atoms with Crippen LogP contribution in [0.3, 0.4) is 0 Å². The van der Waals surface area contributed by atoms with Crippen molar-refractivity contribution in [1.29, 1.82) is 5.26 Å². The average Bonchev–Trinajstić information content (AvgIpc) is 2.95. The Morgan fingerprint density at radius 1 is 1.30 bits per heavy atom. The lowest BCUT2D eigenvalue weighted by atomic mass is 10.1. The van der Waals surface area contributed by atoms with Gasteiger partial charge < -0.3 is 4.90 Å². The summed E-state index contributed by atoms with van der Waals surface area (Å²) in [4.78, 5) is 10.8. The third kappa shape index (κ3) is 2.77. The summed E-state index contributed by atoms with van der Waals surface area (Å²) in [5.74, 6) is 1.12. The van der Waals surface area contributed by atoms with Gasteiger partial charge in [-0.1, -0.05) is 18.2 Å². The van der Waals surface area contributed by atoms with Gasteiger partial charge in [0.2, 0.25) is 0 Å². The first-order valence-corrected chi connectivity index (χ1v) is 7.15. The second-order valence-corrected chi connectivity index (χ2v) is 5.43. The topological polar surface area (TPSA) is 70.1 Å². The average molecular weight is 304 g/mol. The SMILES string of the molecule is Cc1cc(-n2ncc(C#N)c2N=CN(C)C)nc2ccccc12. The van der Waals surface area contributed by atoms with Crippen LogP contribution in [0.25, 0.3) is 16.7 Å². The quantitative estimate of drug-likeness (QED) is 0.551. The Morgan fingerprint density at radius 3 is 2.83 bits per heavy atom. The fourth-order valence-corrected chi connectivity index (χ4v) is 2.32. The van der Waals surface area contributed by atoms with E-state index in [1.54, 1.807) is 15.9 Å². The number of aromatic nitrogens is 3. The molecule has 0 fully saturated rings. The van der Waals surface area contributed by atoms with Gasteiger partial charge in [0.1, 0.15) is 11.6 Å². The van der Waals surface area contributed by atoms with Crippen LogP contribution in [0.5, 0.6) is 0 Å². The Kier molecular flexibility index (Phi) is 3.77. The molecule has 1 aromatic carbocycles. The highest BCUT2D eigenvalue weighted by Crippen LogP contribution is 2.24. The number of nitrogens with zero attached hydrogens (tertiary/aromatic N) is 6. The molecule has 0 spiro atoms. The van der Waals surface area contributed by atoms with Crippen LogP contribution in [-0.2, 0) is 0 Å². The number of benzene rings is 1. The van der Waals surface area contributed by atoms with Crippen molar-refractivity contribution in [1.82, 2.24) is 19.7 Å². The summed E-state index contributed by atoms with van der Waals surface area (Å²) in [6.07, 6.45) is 3.15. The van der Waals surface area contributed by atoms with Crippen LogP contribution >= 0.6 is 0 Å². The molecule has 0 N–H and O–H groups in total. The molecular weight excluding hydrogens is 288 g/mol. The van der Waals surface area contributed by atoms with E-state index >= 15 is 0 Å². The van der Waals surface area contributed by atoms with E-state index in [-0.39, 0.29) is 0 Å². The molecule has 0 aliphatic rings. The number of rotatable bonds is 3. The molecule has 0 aliphatic carbocycles. The van der Waals surface area contributed by atoms with Crippen molar-refractivity contribution in [3.63, 3.8) is 0 Å². The van der Waals surface area contributed by atoms with Crippen molar-refractivity contribution < 1.29 is 0 Å². The fourth-order valence-electron chi connectivity index (χ4n) is 2.32. The third-order valence-electron chi connectivity index (χ3n) is 3.40. The van der Waals surface area contributed by atoms with E-state index in [9.17, 15) is 5.26 Å². The summed E-state index contributed by atoms with van der Waals surface area (Å²) in [7, 11) is 3.74. The van der Waals surface area contributed by atoms with Crippen molar-refractivity contribution in [2.75, 3.05) is 14.1 Å². The van der Waals surface area contributed by atoms with Gasteiger partial charge >= 0.3 is 0 Å². The smallest absolute Gasteiger partial charge is 0.176 e. The Balaban J connectivity index is 2.19. The van der Waals surface area contributed by atoms with E-state index in [1.807, 2.05) is 51.4 Å². The number of aryl methyl sites for hydroxylation is 1. The summed E-state index contributed by atoms with van der Waals surface area (Å²) < 4.78 is 1.60. The molecule has 0 atom stereocenters. The molecule has 2 aromatic heterocycles. The van der Waals surface area contributed by atoms with E-state index in [2.05, 4.69) is 21.1 Å². The monoisotopic (exact) mass is 304 g/mol. The van der Waals surface area contributed by atoms with Crippen LogP contribution in [0, 0.1) is 18.3 Å². The Bertz CT molecular complexity index is 930. The number of fused-ring (bicyclic) bond motifs is 1. The molecule has 3 aromatic rings. The van der Waals surface area contributed by atoms with Gasteiger partial charge in [-0.2, -0.15) is 15.0 Å². The number of pyridine rings is 1. The molecule has 3 rings (SSSR count). The zero-order valence-corrected chi connectivity index (χ0v) is 13.2. The molecule has 0 unspecified atom stereocenters. The van der Waals surface area contributed by atoms with Crippen LogP contribution in [0.4, 0.5) is 5.82 Å². The lowest BCUT2D eigenvalue weighted by Gasteiger charge is -2.08. The van der Waals surface area contributed by atoms with Crippen LogP contribution in [-0.4, -0.2) is 40.1 Å². The molecule has 6 nitrogen and oxygen atoms in total. The van der Waals surface area contributed by atoms with Crippen molar-refractivity contribution in [2.45, 2.75) is 6.92 Å². The summed E-state index contributed by atoms with van der Waals surface area (Å²) in [5.41, 5.74) is 2.40. The number of para-hydroxylation sites is 1. The summed E-state index contributed by atoms with van der Waals surface area (Å²) in [5, 5.41) is 14.6. The summed E-state index contributed by atoms with van der Waals surface area (Å²) in [6.45, 7) is 2.03. The van der Waals surface area contributed by atoms with Gasteiger partial charge in [-0.25, -0.2) is 9.98 Å². The third-order valence-corrected chi connectivity index (χ3v) is 3.40. The minimum atomic E-state index is 0.413. The van der Waals surface area contributed by atoms with E-state index in [0.29, 0.717) is 17.2 Å². The molecule has 2 heterocycles. The Labute approximate surface area is 134 Å². The van der Waals surface area contributed by atoms with Gasteiger partial charge in [-0.15, -0.1) is 0 Å². The van der Waals surface area contributed by atoms with Crippen LogP contribution in [0.2, 0.25) is 0 Å². The zero-order chi connectivity index (χ0) is 16.4. The maximum Gasteiger partial charge on any atom is 0.176 e. The largest absolute Gasteiger partial charge is 0.369 e. The molecule has 6 heteroatoms. The first-order valence-electron chi connectivity index (χ1n) is 7.15. The summed E-state index contributed by atoms with van der Waals surface area (Å²) >= 11 is 0. The molecule has 0 bridgehead atoms. The minimum Gasteiger partial charge on any atom is -0.369 e. The second-order valence-electron chi connectivity index (χ2n) is 5.43. The Hall–Kier alpha value is -3.20. The standard InChI is InChI=1S/C17H16N6/c1-12-8-16(21-15-7-5-4-6-14(12)15)23-17(19-11-22(2)3)13(9-18)10-20-23/h4-8,10-11H,1-3H3. The van der Waals surface area contributed by atoms with E-state index in [0.717, 1.165) is 16.5 Å².